The van der Waals surface area contributed by atoms with Crippen molar-refractivity contribution in [3.05, 3.63) is 24.3 Å². The Bertz CT molecular complexity index is 876. The van der Waals surface area contributed by atoms with Crippen LogP contribution in [0.5, 0.6) is 0 Å². The maximum Gasteiger partial charge on any atom is 0.511 e. The molecule has 4 aliphatic carbocycles. The molecular weight excluding hydrogens is 464 g/mol. The molecule has 5 unspecified atom stereocenters. The summed E-state index contributed by atoms with van der Waals surface area (Å²) >= 11 is 0. The molecule has 0 aromatic rings. The summed E-state index contributed by atoms with van der Waals surface area (Å²) in [5.41, 5.74) is 2.20. The monoisotopic (exact) mass is 514 g/mol. The summed E-state index contributed by atoms with van der Waals surface area (Å²) in [6.45, 7) is 15.2. The molecule has 0 spiro atoms. The highest BCUT2D eigenvalue weighted by molar-refractivity contribution is 5.81. The van der Waals surface area contributed by atoms with Gasteiger partial charge in [0.1, 0.15) is 6.10 Å². The molecule has 37 heavy (non-hydrogen) atoms. The number of carbonyl (C=O) groups is 2. The molecule has 4 aliphatic rings. The summed E-state index contributed by atoms with van der Waals surface area (Å²) in [4.78, 5) is 23.2. The van der Waals surface area contributed by atoms with Gasteiger partial charge in [-0.15, -0.1) is 0 Å². The first-order valence-electron chi connectivity index (χ1n) is 14.9. The van der Waals surface area contributed by atoms with Crippen LogP contribution < -0.4 is 0 Å². The summed E-state index contributed by atoms with van der Waals surface area (Å²) < 4.78 is 15.2. The van der Waals surface area contributed by atoms with Gasteiger partial charge in [0.05, 0.1) is 0 Å². The number of fused-ring (bicyclic) bond motifs is 5. The maximum atomic E-state index is 12.1. The largest absolute Gasteiger partial charge is 0.511 e. The van der Waals surface area contributed by atoms with E-state index < -0.39 is 18.9 Å². The van der Waals surface area contributed by atoms with Crippen LogP contribution in [0.15, 0.2) is 24.3 Å². The molecule has 3 saturated carbocycles. The van der Waals surface area contributed by atoms with E-state index in [1.54, 1.807) is 0 Å². The number of hydrogen-bond acceptors (Lipinski definition) is 5. The lowest BCUT2D eigenvalue weighted by atomic mass is 9.47. The lowest BCUT2D eigenvalue weighted by Gasteiger charge is -2.58. The fourth-order valence-electron chi connectivity index (χ4n) is 9.12. The van der Waals surface area contributed by atoms with Crippen molar-refractivity contribution in [2.45, 2.75) is 111 Å². The van der Waals surface area contributed by atoms with Crippen molar-refractivity contribution in [1.82, 2.24) is 0 Å². The Kier molecular flexibility index (Phi) is 8.80. The molecule has 0 bridgehead atoms. The zero-order chi connectivity index (χ0) is 26.8. The van der Waals surface area contributed by atoms with Gasteiger partial charge in [-0.05, 0) is 91.3 Å². The highest BCUT2D eigenvalue weighted by Crippen LogP contribution is 2.67. The smallest absolute Gasteiger partial charge is 0.431 e. The number of hydrogen-bond donors (Lipinski definition) is 0. The second-order valence-electron chi connectivity index (χ2n) is 13.5. The quantitative estimate of drug-likeness (QED) is 0.134. The highest BCUT2D eigenvalue weighted by atomic mass is 16.8. The van der Waals surface area contributed by atoms with E-state index in [1.807, 2.05) is 0 Å². The third-order valence-corrected chi connectivity index (χ3v) is 11.1. The summed E-state index contributed by atoms with van der Waals surface area (Å²) in [5.74, 6) is 4.29. The van der Waals surface area contributed by atoms with Crippen LogP contribution in [0.4, 0.5) is 4.79 Å². The third kappa shape index (κ3) is 5.81. The van der Waals surface area contributed by atoms with Crippen LogP contribution in [-0.4, -0.2) is 25.0 Å². The van der Waals surface area contributed by atoms with Gasteiger partial charge in [0.2, 0.25) is 6.79 Å². The molecule has 0 heterocycles. The van der Waals surface area contributed by atoms with E-state index in [4.69, 9.17) is 14.2 Å². The molecule has 4 rings (SSSR count). The van der Waals surface area contributed by atoms with Gasteiger partial charge < -0.3 is 14.2 Å². The molecule has 208 valence electrons. The first-order chi connectivity index (χ1) is 17.6. The molecule has 0 aromatic carbocycles. The number of allylic oxidation sites excluding steroid dienone is 1. The predicted molar refractivity (Wildman–Crippen MR) is 146 cm³/mol. The van der Waals surface area contributed by atoms with Gasteiger partial charge in [0, 0.05) is 12.5 Å². The summed E-state index contributed by atoms with van der Waals surface area (Å²) in [5, 5.41) is 0. The molecule has 3 fully saturated rings. The molecule has 8 atom stereocenters. The van der Waals surface area contributed by atoms with E-state index in [2.05, 4.69) is 47.3 Å². The maximum absolute atomic E-state index is 12.1. The van der Waals surface area contributed by atoms with Crippen molar-refractivity contribution in [3.8, 4) is 0 Å². The van der Waals surface area contributed by atoms with Gasteiger partial charge in [-0.3, -0.25) is 0 Å². The van der Waals surface area contributed by atoms with Crippen LogP contribution in [0.2, 0.25) is 0 Å². The Balaban J connectivity index is 1.36. The van der Waals surface area contributed by atoms with Gasteiger partial charge in [-0.1, -0.05) is 72.1 Å². The Morgan fingerprint density at radius 1 is 1.05 bits per heavy atom. The van der Waals surface area contributed by atoms with Crippen LogP contribution in [-0.2, 0) is 19.0 Å². The molecule has 5 nitrogen and oxygen atoms in total. The van der Waals surface area contributed by atoms with Gasteiger partial charge >= 0.3 is 12.1 Å². The number of esters is 1. The lowest BCUT2D eigenvalue weighted by molar-refractivity contribution is -0.147. The standard InChI is InChI=1S/C32H50O5/c1-7-29(33)35-20-36-30(34)37-24-15-17-31(5)23(19-24)11-12-25-27-14-13-26(22(4)10-8-9-21(2)3)32(27,6)18-16-28(25)31/h7,11,21-22,24-28H,1,8-10,12-20H2,2-6H3/t22?,24-,25?,26?,27?,28?,31-,32+/m0/s1. The first-order valence-corrected chi connectivity index (χ1v) is 14.9. The van der Waals surface area contributed by atoms with Crippen molar-refractivity contribution in [3.63, 3.8) is 0 Å². The van der Waals surface area contributed by atoms with Crippen LogP contribution in [0.25, 0.3) is 0 Å². The summed E-state index contributed by atoms with van der Waals surface area (Å²) in [7, 11) is 0. The molecule has 5 heteroatoms. The van der Waals surface area contributed by atoms with Crippen molar-refractivity contribution in [2.24, 2.45) is 46.3 Å². The zero-order valence-corrected chi connectivity index (χ0v) is 23.9. The van der Waals surface area contributed by atoms with Crippen LogP contribution >= 0.6 is 0 Å². The van der Waals surface area contributed by atoms with E-state index in [-0.39, 0.29) is 11.5 Å². The topological polar surface area (TPSA) is 61.8 Å². The average molecular weight is 515 g/mol. The van der Waals surface area contributed by atoms with Crippen molar-refractivity contribution < 1.29 is 23.8 Å². The lowest BCUT2D eigenvalue weighted by Crippen LogP contribution is -2.51. The van der Waals surface area contributed by atoms with Crippen LogP contribution in [0.3, 0.4) is 0 Å². The summed E-state index contributed by atoms with van der Waals surface area (Å²) in [6.07, 6.45) is 16.2. The number of rotatable bonds is 9. The highest BCUT2D eigenvalue weighted by Gasteiger charge is 2.59. The minimum atomic E-state index is -0.771. The zero-order valence-electron chi connectivity index (χ0n) is 23.9. The van der Waals surface area contributed by atoms with E-state index in [9.17, 15) is 9.59 Å². The van der Waals surface area contributed by atoms with E-state index in [0.29, 0.717) is 5.41 Å². The third-order valence-electron chi connectivity index (χ3n) is 11.1. The van der Waals surface area contributed by atoms with Crippen molar-refractivity contribution in [2.75, 3.05) is 6.79 Å². The predicted octanol–water partition coefficient (Wildman–Crippen LogP) is 8.24. The van der Waals surface area contributed by atoms with Gasteiger partial charge in [-0.2, -0.15) is 0 Å². The normalized spacial score (nSPS) is 37.5. The molecule has 0 aromatic heterocycles. The van der Waals surface area contributed by atoms with Gasteiger partial charge in [0.15, 0.2) is 0 Å². The SMILES string of the molecule is C=CC(=O)OCOC(=O)O[C@H]1CC[C@@]2(C)C(=CCC3C4CCC(C(C)CCCC(C)C)[C@@]4(C)CCC32)C1. The molecule has 0 amide bonds. The Morgan fingerprint density at radius 3 is 2.57 bits per heavy atom. The van der Waals surface area contributed by atoms with Crippen LogP contribution in [0, 0.1) is 46.3 Å². The van der Waals surface area contributed by atoms with Gasteiger partial charge in [-0.25, -0.2) is 9.59 Å². The first kappa shape index (κ1) is 28.2. The molecule has 0 radical (unpaired) electrons. The molecule has 0 N–H and O–H groups in total. The summed E-state index contributed by atoms with van der Waals surface area (Å²) in [6, 6.07) is 0. The Hall–Kier alpha value is -1.78. The van der Waals surface area contributed by atoms with Crippen molar-refractivity contribution in [1.29, 1.82) is 0 Å². The van der Waals surface area contributed by atoms with E-state index >= 15 is 0 Å². The fraction of sp³-hybridized carbons (Fsp3) is 0.812. The van der Waals surface area contributed by atoms with E-state index in [0.717, 1.165) is 60.8 Å². The minimum Gasteiger partial charge on any atom is -0.431 e. The van der Waals surface area contributed by atoms with Crippen molar-refractivity contribution >= 4 is 12.1 Å². The second-order valence-corrected chi connectivity index (χ2v) is 13.5. The number of carbonyl (C=O) groups excluding carboxylic acids is 2. The fourth-order valence-corrected chi connectivity index (χ4v) is 9.12. The molecule has 0 saturated heterocycles. The second kappa shape index (κ2) is 11.5. The Labute approximate surface area is 224 Å². The molecular formula is C32H50O5. The van der Waals surface area contributed by atoms with Gasteiger partial charge in [0.25, 0.3) is 0 Å². The minimum absolute atomic E-state index is 0.171. The van der Waals surface area contributed by atoms with Crippen LogP contribution in [0.1, 0.15) is 105 Å². The number of ether oxygens (including phenoxy) is 3. The Morgan fingerprint density at radius 2 is 1.84 bits per heavy atom. The van der Waals surface area contributed by atoms with E-state index in [1.165, 1.54) is 56.9 Å². The average Bonchev–Trinajstić information content (AvgIpc) is 3.21. The molecule has 0 aliphatic heterocycles.